The first-order valence-corrected chi connectivity index (χ1v) is 9.47. The fourth-order valence-electron chi connectivity index (χ4n) is 3.80. The van der Waals surface area contributed by atoms with Crippen LogP contribution in [0.25, 0.3) is 0 Å². The largest absolute Gasteiger partial charge is 0.485 e. The van der Waals surface area contributed by atoms with Crippen LogP contribution >= 0.6 is 0 Å². The third-order valence-electron chi connectivity index (χ3n) is 5.24. The molecule has 4 rings (SSSR count). The summed E-state index contributed by atoms with van der Waals surface area (Å²) in [6.07, 6.45) is 6.39. The molecule has 2 fully saturated rings. The van der Waals surface area contributed by atoms with Crippen molar-refractivity contribution in [3.8, 4) is 5.75 Å². The highest BCUT2D eigenvalue weighted by Crippen LogP contribution is 2.30. The molecule has 0 bridgehead atoms. The van der Waals surface area contributed by atoms with Crippen LogP contribution in [0.3, 0.4) is 0 Å². The summed E-state index contributed by atoms with van der Waals surface area (Å²) in [6, 6.07) is 5.29. The van der Waals surface area contributed by atoms with Gasteiger partial charge in [-0.3, -0.25) is 9.59 Å². The van der Waals surface area contributed by atoms with E-state index in [-0.39, 0.29) is 17.6 Å². The number of H-pyrrole nitrogens is 1. The lowest BCUT2D eigenvalue weighted by Gasteiger charge is -2.22. The maximum atomic E-state index is 12.8. The highest BCUT2D eigenvalue weighted by Gasteiger charge is 2.30. The van der Waals surface area contributed by atoms with E-state index in [1.54, 1.807) is 18.0 Å². The molecule has 2 saturated heterocycles. The van der Waals surface area contributed by atoms with E-state index in [1.165, 1.54) is 25.1 Å². The number of hydrogen-bond donors (Lipinski definition) is 1. The fourth-order valence-corrected chi connectivity index (χ4v) is 3.80. The highest BCUT2D eigenvalue weighted by atomic mass is 16.5. The third-order valence-corrected chi connectivity index (χ3v) is 5.24. The van der Waals surface area contributed by atoms with Crippen LogP contribution in [0.5, 0.6) is 5.75 Å². The van der Waals surface area contributed by atoms with E-state index in [1.807, 2.05) is 12.1 Å². The molecule has 0 aromatic carbocycles. The van der Waals surface area contributed by atoms with Crippen LogP contribution in [-0.4, -0.2) is 53.1 Å². The van der Waals surface area contributed by atoms with Crippen molar-refractivity contribution in [1.29, 1.82) is 0 Å². The van der Waals surface area contributed by atoms with E-state index < -0.39 is 0 Å². The molecule has 7 nitrogen and oxygen atoms in total. The van der Waals surface area contributed by atoms with E-state index >= 15 is 0 Å². The number of ether oxygens (including phenoxy) is 1. The van der Waals surface area contributed by atoms with Crippen LogP contribution < -0.4 is 15.2 Å². The molecule has 0 radical (unpaired) electrons. The van der Waals surface area contributed by atoms with Gasteiger partial charge in [-0.1, -0.05) is 0 Å². The molecule has 0 spiro atoms. The first kappa shape index (κ1) is 17.6. The lowest BCUT2D eigenvalue weighted by atomic mass is 10.1. The van der Waals surface area contributed by atoms with Crippen LogP contribution in [0.15, 0.2) is 35.4 Å². The zero-order chi connectivity index (χ0) is 18.8. The molecule has 2 aliphatic rings. The summed E-state index contributed by atoms with van der Waals surface area (Å²) in [5, 5.41) is 0. The number of aromatic amines is 1. The summed E-state index contributed by atoms with van der Waals surface area (Å²) in [6.45, 7) is 4.97. The molecule has 2 aromatic rings. The van der Waals surface area contributed by atoms with Crippen molar-refractivity contribution >= 4 is 11.7 Å². The Balaban J connectivity index is 1.44. The molecule has 2 aromatic heterocycles. The van der Waals surface area contributed by atoms with Gasteiger partial charge in [-0.25, -0.2) is 4.98 Å². The standard InChI is InChI=1S/C20H24N4O3/c1-14-11-18(25)22-12-16(14)20(26)24-10-6-15(13-24)27-17-5-4-7-21-19(17)23-8-2-3-9-23/h4-5,7,11-12,15H,2-3,6,8-10,13H2,1H3,(H,22,25). The molecule has 0 aliphatic carbocycles. The average Bonchev–Trinajstić information content (AvgIpc) is 3.34. The third kappa shape index (κ3) is 3.67. The van der Waals surface area contributed by atoms with Crippen LogP contribution in [0.2, 0.25) is 0 Å². The van der Waals surface area contributed by atoms with Crippen LogP contribution in [-0.2, 0) is 0 Å². The quantitative estimate of drug-likeness (QED) is 0.893. The van der Waals surface area contributed by atoms with E-state index in [9.17, 15) is 9.59 Å². The number of rotatable bonds is 4. The molecular formula is C20H24N4O3. The molecule has 1 atom stereocenters. The number of pyridine rings is 2. The number of carbonyl (C=O) groups is 1. The van der Waals surface area contributed by atoms with E-state index in [0.29, 0.717) is 24.2 Å². The van der Waals surface area contributed by atoms with Crippen LogP contribution in [0, 0.1) is 6.92 Å². The Hall–Kier alpha value is -2.83. The zero-order valence-electron chi connectivity index (χ0n) is 15.5. The van der Waals surface area contributed by atoms with Crippen molar-refractivity contribution in [1.82, 2.24) is 14.9 Å². The smallest absolute Gasteiger partial charge is 0.255 e. The van der Waals surface area contributed by atoms with Gasteiger partial charge in [0.2, 0.25) is 5.56 Å². The minimum Gasteiger partial charge on any atom is -0.485 e. The number of amides is 1. The Labute approximate surface area is 158 Å². The first-order valence-electron chi connectivity index (χ1n) is 9.47. The van der Waals surface area contributed by atoms with Crippen LogP contribution in [0.1, 0.15) is 35.2 Å². The fraction of sp³-hybridized carbons (Fsp3) is 0.450. The lowest BCUT2D eigenvalue weighted by Crippen LogP contribution is -2.32. The number of aromatic nitrogens is 2. The summed E-state index contributed by atoms with van der Waals surface area (Å²) in [5.41, 5.74) is 1.03. The van der Waals surface area contributed by atoms with Gasteiger partial charge < -0.3 is 19.5 Å². The molecule has 27 heavy (non-hydrogen) atoms. The SMILES string of the molecule is Cc1cc(=O)[nH]cc1C(=O)N1CCC(Oc2cccnc2N2CCCC2)C1. The zero-order valence-corrected chi connectivity index (χ0v) is 15.5. The van der Waals surface area contributed by atoms with Gasteiger partial charge in [-0.15, -0.1) is 0 Å². The molecule has 2 aliphatic heterocycles. The number of aryl methyl sites for hydroxylation is 1. The topological polar surface area (TPSA) is 78.5 Å². The number of anilines is 1. The highest BCUT2D eigenvalue weighted by molar-refractivity contribution is 5.95. The van der Waals surface area contributed by atoms with Gasteiger partial charge in [-0.05, 0) is 37.5 Å². The monoisotopic (exact) mass is 368 g/mol. The van der Waals surface area contributed by atoms with Gasteiger partial charge in [0.1, 0.15) is 6.10 Å². The molecule has 4 heterocycles. The molecule has 0 saturated carbocycles. The summed E-state index contributed by atoms with van der Waals surface area (Å²) < 4.78 is 6.23. The Morgan fingerprint density at radius 1 is 1.30 bits per heavy atom. The van der Waals surface area contributed by atoms with E-state index in [2.05, 4.69) is 14.9 Å². The Kier molecular flexibility index (Phi) is 4.83. The first-order chi connectivity index (χ1) is 13.1. The van der Waals surface area contributed by atoms with Gasteiger partial charge in [0.05, 0.1) is 12.1 Å². The van der Waals surface area contributed by atoms with Crippen molar-refractivity contribution in [2.45, 2.75) is 32.3 Å². The number of hydrogen-bond acceptors (Lipinski definition) is 5. The van der Waals surface area contributed by atoms with Crippen LogP contribution in [0.4, 0.5) is 5.82 Å². The van der Waals surface area contributed by atoms with E-state index in [4.69, 9.17) is 4.74 Å². The Morgan fingerprint density at radius 3 is 2.89 bits per heavy atom. The second kappa shape index (κ2) is 7.42. The molecule has 7 heteroatoms. The Morgan fingerprint density at radius 2 is 2.11 bits per heavy atom. The predicted molar refractivity (Wildman–Crippen MR) is 102 cm³/mol. The second-order valence-corrected chi connectivity index (χ2v) is 7.19. The lowest BCUT2D eigenvalue weighted by molar-refractivity contribution is 0.0771. The van der Waals surface area contributed by atoms with E-state index in [0.717, 1.165) is 31.1 Å². The summed E-state index contributed by atoms with van der Waals surface area (Å²) in [5.74, 6) is 1.62. The molecular weight excluding hydrogens is 344 g/mol. The average molecular weight is 368 g/mol. The minimum atomic E-state index is -0.197. The number of likely N-dealkylation sites (tertiary alicyclic amines) is 1. The van der Waals surface area contributed by atoms with Crippen molar-refractivity contribution in [2.75, 3.05) is 31.1 Å². The summed E-state index contributed by atoms with van der Waals surface area (Å²) in [7, 11) is 0. The minimum absolute atomic E-state index is 0.0532. The number of carbonyl (C=O) groups excluding carboxylic acids is 1. The van der Waals surface area contributed by atoms with Crippen molar-refractivity contribution in [3.05, 3.63) is 52.1 Å². The predicted octanol–water partition coefficient (Wildman–Crippen LogP) is 1.97. The van der Waals surface area contributed by atoms with Gasteiger partial charge in [0, 0.05) is 44.5 Å². The van der Waals surface area contributed by atoms with Crippen molar-refractivity contribution in [3.63, 3.8) is 0 Å². The number of nitrogens with one attached hydrogen (secondary N) is 1. The molecule has 142 valence electrons. The summed E-state index contributed by atoms with van der Waals surface area (Å²) in [4.78, 5) is 35.3. The molecule has 1 amide bonds. The summed E-state index contributed by atoms with van der Waals surface area (Å²) >= 11 is 0. The number of nitrogens with zero attached hydrogens (tertiary/aromatic N) is 3. The normalized spacial score (nSPS) is 19.5. The van der Waals surface area contributed by atoms with Crippen molar-refractivity contribution < 1.29 is 9.53 Å². The second-order valence-electron chi connectivity index (χ2n) is 7.19. The van der Waals surface area contributed by atoms with Gasteiger partial charge in [0.25, 0.3) is 5.91 Å². The molecule has 1 unspecified atom stereocenters. The molecule has 1 N–H and O–H groups in total. The van der Waals surface area contributed by atoms with Gasteiger partial charge in [0.15, 0.2) is 11.6 Å². The van der Waals surface area contributed by atoms with Gasteiger partial charge >= 0.3 is 0 Å². The Bertz CT molecular complexity index is 889. The van der Waals surface area contributed by atoms with Crippen molar-refractivity contribution in [2.24, 2.45) is 0 Å². The maximum absolute atomic E-state index is 12.8. The maximum Gasteiger partial charge on any atom is 0.255 e. The van der Waals surface area contributed by atoms with Gasteiger partial charge in [-0.2, -0.15) is 0 Å².